The highest BCUT2D eigenvalue weighted by Crippen LogP contribution is 2.29. The third kappa shape index (κ3) is 6.30. The van der Waals surface area contributed by atoms with Gasteiger partial charge in [0.05, 0.1) is 34.1 Å². The van der Waals surface area contributed by atoms with Gasteiger partial charge in [-0.2, -0.15) is 5.10 Å². The Kier molecular flexibility index (Phi) is 8.01. The Balaban J connectivity index is 1.58. The number of halogens is 1. The van der Waals surface area contributed by atoms with Gasteiger partial charge < -0.3 is 24.4 Å². The van der Waals surface area contributed by atoms with E-state index in [4.69, 9.17) is 30.5 Å². The van der Waals surface area contributed by atoms with E-state index in [0.717, 1.165) is 16.7 Å². The van der Waals surface area contributed by atoms with Gasteiger partial charge in [0.2, 0.25) is 0 Å². The van der Waals surface area contributed by atoms with E-state index in [-0.39, 0.29) is 0 Å². The molecular formula is C24H25ClN2O4. The van der Waals surface area contributed by atoms with E-state index in [1.54, 1.807) is 27.5 Å². The summed E-state index contributed by atoms with van der Waals surface area (Å²) >= 11 is 6.02. The van der Waals surface area contributed by atoms with Gasteiger partial charge in [0, 0.05) is 5.02 Å². The Hall–Kier alpha value is -3.38. The maximum Gasteiger partial charge on any atom is 0.161 e. The fraction of sp³-hybridized carbons (Fsp3) is 0.208. The van der Waals surface area contributed by atoms with Crippen LogP contribution in [0.3, 0.4) is 0 Å². The minimum absolute atomic E-state index is 0.400. The van der Waals surface area contributed by atoms with E-state index in [9.17, 15) is 0 Å². The number of hydrazone groups is 1. The van der Waals surface area contributed by atoms with Crippen molar-refractivity contribution in [2.75, 3.05) is 21.3 Å². The molecule has 0 fully saturated rings. The summed E-state index contributed by atoms with van der Waals surface area (Å²) in [6.45, 7) is 0.950. The maximum atomic E-state index is 6.02. The highest BCUT2D eigenvalue weighted by molar-refractivity contribution is 6.30. The fourth-order valence-electron chi connectivity index (χ4n) is 2.92. The molecule has 31 heavy (non-hydrogen) atoms. The van der Waals surface area contributed by atoms with Crippen molar-refractivity contribution in [2.24, 2.45) is 5.10 Å². The van der Waals surface area contributed by atoms with Crippen molar-refractivity contribution in [3.8, 4) is 23.0 Å². The van der Waals surface area contributed by atoms with Crippen LogP contribution in [0.4, 0.5) is 0 Å². The first-order chi connectivity index (χ1) is 15.1. The third-order valence-electron chi connectivity index (χ3n) is 4.51. The van der Waals surface area contributed by atoms with Crippen molar-refractivity contribution in [2.45, 2.75) is 13.2 Å². The number of rotatable bonds is 10. The second-order valence-corrected chi connectivity index (χ2v) is 7.05. The molecule has 0 heterocycles. The normalized spacial score (nSPS) is 10.7. The molecule has 6 nitrogen and oxygen atoms in total. The fourth-order valence-corrected chi connectivity index (χ4v) is 3.13. The lowest BCUT2D eigenvalue weighted by atomic mass is 10.2. The van der Waals surface area contributed by atoms with Gasteiger partial charge in [-0.15, -0.1) is 0 Å². The van der Waals surface area contributed by atoms with E-state index in [2.05, 4.69) is 10.5 Å². The molecule has 0 unspecified atom stereocenters. The lowest BCUT2D eigenvalue weighted by molar-refractivity contribution is 0.284. The molecular weight excluding hydrogens is 416 g/mol. The molecule has 0 radical (unpaired) electrons. The molecule has 162 valence electrons. The standard InChI is InChI=1S/C24H25ClN2O4/c1-28-21-9-7-17(12-23(21)29-2)14-26-27-15-18-8-10-22(24(13-18)30-3)31-16-19-5-4-6-20(25)11-19/h4-13,15,26H,14,16H2,1-3H3/b27-15-. The first-order valence-electron chi connectivity index (χ1n) is 9.65. The summed E-state index contributed by atoms with van der Waals surface area (Å²) in [6.07, 6.45) is 1.73. The van der Waals surface area contributed by atoms with E-state index in [1.165, 1.54) is 0 Å². The second kappa shape index (κ2) is 11.1. The van der Waals surface area contributed by atoms with Crippen LogP contribution in [0.5, 0.6) is 23.0 Å². The van der Waals surface area contributed by atoms with Gasteiger partial charge in [0.15, 0.2) is 23.0 Å². The zero-order valence-electron chi connectivity index (χ0n) is 17.7. The SMILES string of the molecule is COc1ccc(CN/N=C\c2ccc(OCc3cccc(Cl)c3)c(OC)c2)cc1OC. The van der Waals surface area contributed by atoms with E-state index in [1.807, 2.05) is 60.7 Å². The topological polar surface area (TPSA) is 61.3 Å². The minimum atomic E-state index is 0.400. The molecule has 1 N–H and O–H groups in total. The number of nitrogens with zero attached hydrogens (tertiary/aromatic N) is 1. The van der Waals surface area contributed by atoms with Crippen LogP contribution in [0.15, 0.2) is 65.8 Å². The van der Waals surface area contributed by atoms with Crippen molar-refractivity contribution >= 4 is 17.8 Å². The first kappa shape index (κ1) is 22.3. The number of methoxy groups -OCH3 is 3. The van der Waals surface area contributed by atoms with Crippen LogP contribution in [-0.4, -0.2) is 27.5 Å². The first-order valence-corrected chi connectivity index (χ1v) is 10.0. The van der Waals surface area contributed by atoms with Crippen molar-refractivity contribution in [3.05, 3.63) is 82.4 Å². The van der Waals surface area contributed by atoms with E-state index in [0.29, 0.717) is 41.2 Å². The van der Waals surface area contributed by atoms with Crippen LogP contribution in [0.1, 0.15) is 16.7 Å². The van der Waals surface area contributed by atoms with Gasteiger partial charge in [-0.05, 0) is 59.2 Å². The number of hydrogen-bond donors (Lipinski definition) is 1. The van der Waals surface area contributed by atoms with Crippen molar-refractivity contribution in [1.29, 1.82) is 0 Å². The van der Waals surface area contributed by atoms with Crippen molar-refractivity contribution < 1.29 is 18.9 Å². The molecule has 3 rings (SSSR count). The number of benzene rings is 3. The Labute approximate surface area is 187 Å². The number of nitrogens with one attached hydrogen (secondary N) is 1. The molecule has 0 bridgehead atoms. The highest BCUT2D eigenvalue weighted by Gasteiger charge is 2.06. The smallest absolute Gasteiger partial charge is 0.161 e. The summed E-state index contributed by atoms with van der Waals surface area (Å²) < 4.78 is 21.9. The van der Waals surface area contributed by atoms with Crippen LogP contribution in [0.2, 0.25) is 5.02 Å². The summed E-state index contributed by atoms with van der Waals surface area (Å²) in [5.41, 5.74) is 5.92. The quantitative estimate of drug-likeness (QED) is 0.352. The predicted molar refractivity (Wildman–Crippen MR) is 123 cm³/mol. The zero-order chi connectivity index (χ0) is 22.1. The van der Waals surface area contributed by atoms with Gasteiger partial charge >= 0.3 is 0 Å². The highest BCUT2D eigenvalue weighted by atomic mass is 35.5. The molecule has 0 aromatic heterocycles. The average molecular weight is 441 g/mol. The Bertz CT molecular complexity index is 1040. The van der Waals surface area contributed by atoms with Crippen molar-refractivity contribution in [3.63, 3.8) is 0 Å². The van der Waals surface area contributed by atoms with Crippen LogP contribution >= 0.6 is 11.6 Å². The molecule has 0 spiro atoms. The Morgan fingerprint density at radius 2 is 1.55 bits per heavy atom. The summed E-state index contributed by atoms with van der Waals surface area (Å²) in [5.74, 6) is 2.66. The Morgan fingerprint density at radius 3 is 2.29 bits per heavy atom. The van der Waals surface area contributed by atoms with Gasteiger partial charge in [0.1, 0.15) is 6.61 Å². The number of ether oxygens (including phenoxy) is 4. The average Bonchev–Trinajstić information content (AvgIpc) is 2.80. The largest absolute Gasteiger partial charge is 0.493 e. The van der Waals surface area contributed by atoms with Crippen LogP contribution in [-0.2, 0) is 13.2 Å². The van der Waals surface area contributed by atoms with Gasteiger partial charge in [-0.1, -0.05) is 29.8 Å². The molecule has 0 amide bonds. The monoisotopic (exact) mass is 440 g/mol. The molecule has 0 aliphatic heterocycles. The second-order valence-electron chi connectivity index (χ2n) is 6.61. The van der Waals surface area contributed by atoms with Gasteiger partial charge in [-0.3, -0.25) is 0 Å². The molecule has 7 heteroatoms. The van der Waals surface area contributed by atoms with E-state index >= 15 is 0 Å². The lowest BCUT2D eigenvalue weighted by Crippen LogP contribution is -2.06. The van der Waals surface area contributed by atoms with Crippen LogP contribution < -0.4 is 24.4 Å². The molecule has 0 aliphatic carbocycles. The molecule has 0 saturated heterocycles. The van der Waals surface area contributed by atoms with Crippen molar-refractivity contribution in [1.82, 2.24) is 5.43 Å². The maximum absolute atomic E-state index is 6.02. The summed E-state index contributed by atoms with van der Waals surface area (Å²) in [6, 6.07) is 18.9. The van der Waals surface area contributed by atoms with E-state index < -0.39 is 0 Å². The third-order valence-corrected chi connectivity index (χ3v) is 4.74. The molecule has 3 aromatic rings. The molecule has 0 atom stereocenters. The molecule has 0 aliphatic rings. The lowest BCUT2D eigenvalue weighted by Gasteiger charge is -2.11. The molecule has 3 aromatic carbocycles. The Morgan fingerprint density at radius 1 is 0.806 bits per heavy atom. The predicted octanol–water partition coefficient (Wildman–Crippen LogP) is 5.07. The summed E-state index contributed by atoms with van der Waals surface area (Å²) in [7, 11) is 4.84. The van der Waals surface area contributed by atoms with Gasteiger partial charge in [-0.25, -0.2) is 0 Å². The molecule has 0 saturated carbocycles. The number of hydrogen-bond acceptors (Lipinski definition) is 6. The van der Waals surface area contributed by atoms with Crippen LogP contribution in [0.25, 0.3) is 0 Å². The summed E-state index contributed by atoms with van der Waals surface area (Å²) in [5, 5.41) is 4.97. The van der Waals surface area contributed by atoms with Crippen LogP contribution in [0, 0.1) is 0 Å². The minimum Gasteiger partial charge on any atom is -0.493 e. The summed E-state index contributed by atoms with van der Waals surface area (Å²) in [4.78, 5) is 0. The van der Waals surface area contributed by atoms with Gasteiger partial charge in [0.25, 0.3) is 0 Å². The zero-order valence-corrected chi connectivity index (χ0v) is 18.5.